The van der Waals surface area contributed by atoms with Gasteiger partial charge in [-0.1, -0.05) is 31.2 Å². The highest BCUT2D eigenvalue weighted by Gasteiger charge is 2.64. The maximum absolute atomic E-state index is 13.6. The van der Waals surface area contributed by atoms with Crippen molar-refractivity contribution in [2.45, 2.75) is 65.0 Å². The van der Waals surface area contributed by atoms with Gasteiger partial charge in [-0.3, -0.25) is 14.6 Å². The molecule has 0 bridgehead atoms. The van der Waals surface area contributed by atoms with E-state index >= 15 is 0 Å². The number of amides is 1. The zero-order valence-electron chi connectivity index (χ0n) is 21.2. The number of benzene rings is 1. The first-order valence-corrected chi connectivity index (χ1v) is 12.9. The predicted molar refractivity (Wildman–Crippen MR) is 137 cm³/mol. The average Bonchev–Trinajstić information content (AvgIpc) is 3.14. The van der Waals surface area contributed by atoms with E-state index in [9.17, 15) is 9.59 Å². The summed E-state index contributed by atoms with van der Waals surface area (Å²) in [5, 5.41) is 8.78. The van der Waals surface area contributed by atoms with Gasteiger partial charge < -0.3 is 9.64 Å². The summed E-state index contributed by atoms with van der Waals surface area (Å²) in [4.78, 5) is 33.5. The molecule has 1 aliphatic carbocycles. The van der Waals surface area contributed by atoms with Crippen molar-refractivity contribution in [1.29, 1.82) is 0 Å². The Kier molecular flexibility index (Phi) is 5.63. The number of Topliss-reactive ketones (excluding diaryl/α,β-unsaturated/α-hetero) is 1. The molecule has 7 heteroatoms. The maximum Gasteiger partial charge on any atom is 0.227 e. The van der Waals surface area contributed by atoms with Gasteiger partial charge in [0, 0.05) is 24.1 Å². The van der Waals surface area contributed by atoms with Gasteiger partial charge in [-0.25, -0.2) is 0 Å². The Balaban J connectivity index is 1.15. The number of hydrogen-bond acceptors (Lipinski definition) is 6. The fourth-order valence-electron chi connectivity index (χ4n) is 5.86. The summed E-state index contributed by atoms with van der Waals surface area (Å²) in [5.41, 5.74) is 6.78. The summed E-state index contributed by atoms with van der Waals surface area (Å²) < 4.78 is 5.29. The summed E-state index contributed by atoms with van der Waals surface area (Å²) in [7, 11) is 0. The lowest BCUT2D eigenvalue weighted by Gasteiger charge is -2.27. The second kappa shape index (κ2) is 8.73. The number of pyridine rings is 1. The summed E-state index contributed by atoms with van der Waals surface area (Å²) >= 11 is 0. The molecule has 1 aromatic carbocycles. The molecule has 3 fully saturated rings. The molecule has 0 radical (unpaired) electrons. The topological polar surface area (TPSA) is 84.2 Å². The van der Waals surface area contributed by atoms with Crippen LogP contribution in [0.3, 0.4) is 0 Å². The standard InChI is InChI=1S/C29H32N4O3/c1-17-7-8-18(2)30-22(17)12-26(34)25-13-29(3)14-27(29)33(25)28(35)10-19-5-4-6-20(9-19)23-11-24(32-31-23)21-15-36-16-21/h4-9,21,25,27H,10-16H2,1-3H3/t25-,27+,29-/m0/s1. The first-order valence-electron chi connectivity index (χ1n) is 12.9. The molecule has 3 aliphatic heterocycles. The normalized spacial score (nSPS) is 26.8. The Morgan fingerprint density at radius 2 is 1.92 bits per heavy atom. The Morgan fingerprint density at radius 3 is 2.69 bits per heavy atom. The van der Waals surface area contributed by atoms with Gasteiger partial charge in [-0.15, -0.1) is 0 Å². The zero-order chi connectivity index (χ0) is 25.0. The second-order valence-electron chi connectivity index (χ2n) is 11.2. The number of nitrogens with zero attached hydrogens (tertiary/aromatic N) is 4. The van der Waals surface area contributed by atoms with Gasteiger partial charge in [0.2, 0.25) is 5.91 Å². The van der Waals surface area contributed by atoms with Crippen LogP contribution in [0.5, 0.6) is 0 Å². The molecule has 1 aromatic heterocycles. The van der Waals surface area contributed by atoms with Crippen molar-refractivity contribution in [3.05, 3.63) is 64.5 Å². The molecule has 186 valence electrons. The molecular formula is C29H32N4O3. The third kappa shape index (κ3) is 4.19. The Labute approximate surface area is 211 Å². The fraction of sp³-hybridized carbons (Fsp3) is 0.483. The number of ether oxygens (including phenoxy) is 1. The monoisotopic (exact) mass is 484 g/mol. The van der Waals surface area contributed by atoms with Gasteiger partial charge in [0.1, 0.15) is 0 Å². The lowest BCUT2D eigenvalue weighted by atomic mass is 9.94. The lowest BCUT2D eigenvalue weighted by molar-refractivity contribution is -0.138. The first kappa shape index (κ1) is 23.2. The van der Waals surface area contributed by atoms with Gasteiger partial charge >= 0.3 is 0 Å². The van der Waals surface area contributed by atoms with Crippen LogP contribution in [-0.2, 0) is 27.2 Å². The summed E-state index contributed by atoms with van der Waals surface area (Å²) in [5.74, 6) is 0.506. The van der Waals surface area contributed by atoms with Crippen molar-refractivity contribution in [3.8, 4) is 0 Å². The molecule has 1 amide bonds. The van der Waals surface area contributed by atoms with E-state index in [1.54, 1.807) is 0 Å². The molecule has 3 atom stereocenters. The molecule has 0 unspecified atom stereocenters. The van der Waals surface area contributed by atoms with E-state index in [4.69, 9.17) is 4.74 Å². The van der Waals surface area contributed by atoms with Gasteiger partial charge in [-0.05, 0) is 60.9 Å². The van der Waals surface area contributed by atoms with E-state index < -0.39 is 0 Å². The highest BCUT2D eigenvalue weighted by Crippen LogP contribution is 2.59. The van der Waals surface area contributed by atoms with Crippen LogP contribution < -0.4 is 0 Å². The third-order valence-electron chi connectivity index (χ3n) is 8.35. The highest BCUT2D eigenvalue weighted by atomic mass is 16.5. The number of likely N-dealkylation sites (tertiary alicyclic amines) is 1. The average molecular weight is 485 g/mol. The van der Waals surface area contributed by atoms with Crippen molar-refractivity contribution >= 4 is 23.1 Å². The Morgan fingerprint density at radius 1 is 1.08 bits per heavy atom. The minimum Gasteiger partial charge on any atom is -0.380 e. The largest absolute Gasteiger partial charge is 0.380 e. The number of aryl methyl sites for hydroxylation is 2. The number of fused-ring (bicyclic) bond motifs is 1. The molecule has 0 spiro atoms. The number of hydrogen-bond donors (Lipinski definition) is 0. The number of aromatic nitrogens is 1. The molecule has 2 saturated heterocycles. The first-order chi connectivity index (χ1) is 17.3. The molecule has 1 saturated carbocycles. The third-order valence-corrected chi connectivity index (χ3v) is 8.35. The van der Waals surface area contributed by atoms with E-state index in [1.807, 2.05) is 55.1 Å². The van der Waals surface area contributed by atoms with Gasteiger partial charge in [-0.2, -0.15) is 10.2 Å². The van der Waals surface area contributed by atoms with Crippen molar-refractivity contribution in [1.82, 2.24) is 9.88 Å². The van der Waals surface area contributed by atoms with Crippen molar-refractivity contribution in [2.75, 3.05) is 13.2 Å². The maximum atomic E-state index is 13.6. The summed E-state index contributed by atoms with van der Waals surface area (Å²) in [6.07, 6.45) is 3.01. The number of rotatable bonds is 7. The van der Waals surface area contributed by atoms with Crippen LogP contribution in [0.4, 0.5) is 0 Å². The summed E-state index contributed by atoms with van der Waals surface area (Å²) in [6.45, 7) is 7.58. The Hall–Kier alpha value is -3.19. The molecule has 0 N–H and O–H groups in total. The van der Waals surface area contributed by atoms with Gasteiger partial charge in [0.15, 0.2) is 5.78 Å². The van der Waals surface area contributed by atoms with E-state index in [2.05, 4.69) is 22.1 Å². The minimum atomic E-state index is -0.369. The van der Waals surface area contributed by atoms with Gasteiger partial charge in [0.05, 0.1) is 49.2 Å². The predicted octanol–water partition coefficient (Wildman–Crippen LogP) is 3.63. The SMILES string of the molecule is Cc1ccc(C)c(CC(=O)[C@@H]2C[C@@]3(C)C[C@H]3N2C(=O)Cc2cccc(C3=NN=C(C4COC4)C3)c2)n1. The van der Waals surface area contributed by atoms with Crippen LogP contribution in [0.1, 0.15) is 54.3 Å². The van der Waals surface area contributed by atoms with Crippen LogP contribution in [0.25, 0.3) is 0 Å². The van der Waals surface area contributed by atoms with Crippen molar-refractivity contribution in [2.24, 2.45) is 21.5 Å². The molecule has 7 nitrogen and oxygen atoms in total. The second-order valence-corrected chi connectivity index (χ2v) is 11.2. The zero-order valence-corrected chi connectivity index (χ0v) is 21.2. The van der Waals surface area contributed by atoms with Crippen molar-refractivity contribution < 1.29 is 14.3 Å². The van der Waals surface area contributed by atoms with Crippen LogP contribution >= 0.6 is 0 Å². The number of ketones is 1. The van der Waals surface area contributed by atoms with Crippen LogP contribution in [0, 0.1) is 25.2 Å². The van der Waals surface area contributed by atoms with Gasteiger partial charge in [0.25, 0.3) is 0 Å². The number of carbonyl (C=O) groups excluding carboxylic acids is 2. The molecule has 2 aromatic rings. The molecular weight excluding hydrogens is 452 g/mol. The smallest absolute Gasteiger partial charge is 0.227 e. The highest BCUT2D eigenvalue weighted by molar-refractivity contribution is 6.16. The lowest BCUT2D eigenvalue weighted by Crippen LogP contribution is -2.44. The molecule has 4 heterocycles. The van der Waals surface area contributed by atoms with Crippen molar-refractivity contribution in [3.63, 3.8) is 0 Å². The van der Waals surface area contributed by atoms with Crippen LogP contribution in [-0.4, -0.2) is 58.3 Å². The molecule has 6 rings (SSSR count). The number of piperidine rings is 1. The van der Waals surface area contributed by atoms with E-state index in [0.29, 0.717) is 5.92 Å². The molecule has 4 aliphatic rings. The molecule has 36 heavy (non-hydrogen) atoms. The van der Waals surface area contributed by atoms with E-state index in [-0.39, 0.29) is 42.0 Å². The summed E-state index contributed by atoms with van der Waals surface area (Å²) in [6, 6.07) is 11.8. The quantitative estimate of drug-likeness (QED) is 0.601. The number of carbonyl (C=O) groups is 2. The Bertz CT molecular complexity index is 1310. The van der Waals surface area contributed by atoms with Crippen LogP contribution in [0.15, 0.2) is 46.6 Å². The van der Waals surface area contributed by atoms with Crippen LogP contribution in [0.2, 0.25) is 0 Å². The minimum absolute atomic E-state index is 0.0302. The fourth-order valence-corrected chi connectivity index (χ4v) is 5.86. The van der Waals surface area contributed by atoms with E-state index in [0.717, 1.165) is 72.0 Å². The van der Waals surface area contributed by atoms with E-state index in [1.165, 1.54) is 0 Å².